The van der Waals surface area contributed by atoms with Gasteiger partial charge in [0.15, 0.2) is 5.16 Å². The van der Waals surface area contributed by atoms with Crippen molar-refractivity contribution >= 4 is 23.4 Å². The first-order chi connectivity index (χ1) is 11.1. The Labute approximate surface area is 139 Å². The van der Waals surface area contributed by atoms with Crippen LogP contribution in [0.2, 0.25) is 0 Å². The molecule has 1 amide bonds. The summed E-state index contributed by atoms with van der Waals surface area (Å²) < 4.78 is 0. The van der Waals surface area contributed by atoms with Crippen molar-refractivity contribution in [1.29, 1.82) is 0 Å². The van der Waals surface area contributed by atoms with E-state index in [2.05, 4.69) is 26.6 Å². The fourth-order valence-electron chi connectivity index (χ4n) is 2.57. The van der Waals surface area contributed by atoms with Crippen molar-refractivity contribution in [3.8, 4) is 0 Å². The van der Waals surface area contributed by atoms with Crippen LogP contribution in [0.1, 0.15) is 28.9 Å². The zero-order valence-corrected chi connectivity index (χ0v) is 14.0. The number of aryl methyl sites for hydroxylation is 3. The largest absolute Gasteiger partial charge is 0.272 e. The summed E-state index contributed by atoms with van der Waals surface area (Å²) in [5.74, 6) is 0.107. The van der Waals surface area contributed by atoms with Gasteiger partial charge in [-0.2, -0.15) is 5.10 Å². The summed E-state index contributed by atoms with van der Waals surface area (Å²) in [7, 11) is 0. The number of carbonyl (C=O) groups is 1. The number of carbonyl (C=O) groups excluding carboxylic acids is 1. The van der Waals surface area contributed by atoms with Gasteiger partial charge in [0.1, 0.15) is 0 Å². The summed E-state index contributed by atoms with van der Waals surface area (Å²) in [6, 6.07) is 10.1. The van der Waals surface area contributed by atoms with Gasteiger partial charge < -0.3 is 0 Å². The van der Waals surface area contributed by atoms with Crippen LogP contribution in [0.4, 0.5) is 0 Å². The molecule has 23 heavy (non-hydrogen) atoms. The monoisotopic (exact) mass is 326 g/mol. The molecular weight excluding hydrogens is 308 g/mol. The SMILES string of the molecule is Cc1cc(C)nc(SCC(=O)NN=C2CCc3ccccc32)n1. The van der Waals surface area contributed by atoms with Crippen LogP contribution in [0.5, 0.6) is 0 Å². The van der Waals surface area contributed by atoms with Gasteiger partial charge in [0.2, 0.25) is 0 Å². The zero-order chi connectivity index (χ0) is 16.2. The van der Waals surface area contributed by atoms with Crippen LogP contribution in [0.15, 0.2) is 40.6 Å². The molecule has 5 nitrogen and oxygen atoms in total. The zero-order valence-electron chi connectivity index (χ0n) is 13.2. The van der Waals surface area contributed by atoms with Gasteiger partial charge in [-0.1, -0.05) is 36.0 Å². The van der Waals surface area contributed by atoms with E-state index >= 15 is 0 Å². The van der Waals surface area contributed by atoms with Crippen LogP contribution in [-0.4, -0.2) is 27.3 Å². The Morgan fingerprint density at radius 3 is 2.74 bits per heavy atom. The van der Waals surface area contributed by atoms with Gasteiger partial charge in [0, 0.05) is 17.0 Å². The average molecular weight is 326 g/mol. The molecule has 0 aliphatic heterocycles. The maximum absolute atomic E-state index is 12.0. The molecule has 0 spiro atoms. The number of benzene rings is 1. The van der Waals surface area contributed by atoms with Gasteiger partial charge in [-0.15, -0.1) is 0 Å². The van der Waals surface area contributed by atoms with Crippen molar-refractivity contribution in [2.45, 2.75) is 31.8 Å². The minimum Gasteiger partial charge on any atom is -0.272 e. The molecule has 1 aromatic heterocycles. The lowest BCUT2D eigenvalue weighted by molar-refractivity contribution is -0.118. The van der Waals surface area contributed by atoms with Crippen LogP contribution in [0.25, 0.3) is 0 Å². The predicted octanol–water partition coefficient (Wildman–Crippen LogP) is 2.65. The van der Waals surface area contributed by atoms with E-state index in [0.717, 1.165) is 35.5 Å². The molecule has 2 aromatic rings. The summed E-state index contributed by atoms with van der Waals surface area (Å²) in [5.41, 5.74) is 7.82. The van der Waals surface area contributed by atoms with E-state index in [4.69, 9.17) is 0 Å². The predicted molar refractivity (Wildman–Crippen MR) is 91.7 cm³/mol. The molecule has 118 valence electrons. The second kappa shape index (κ2) is 6.91. The van der Waals surface area contributed by atoms with Crippen LogP contribution in [0, 0.1) is 13.8 Å². The van der Waals surface area contributed by atoms with Crippen LogP contribution in [0.3, 0.4) is 0 Å². The number of amides is 1. The molecule has 3 rings (SSSR count). The van der Waals surface area contributed by atoms with Gasteiger partial charge in [0.05, 0.1) is 11.5 Å². The second-order valence-corrected chi connectivity index (χ2v) is 6.42. The Kier molecular flexibility index (Phi) is 4.71. The molecule has 1 aliphatic rings. The Morgan fingerprint density at radius 1 is 1.22 bits per heavy atom. The fourth-order valence-corrected chi connectivity index (χ4v) is 3.32. The Bertz CT molecular complexity index is 753. The Balaban J connectivity index is 1.57. The standard InChI is InChI=1S/C17H18N4OS/c1-11-9-12(2)19-17(18-11)23-10-16(22)21-20-15-8-7-13-5-3-4-6-14(13)15/h3-6,9H,7-8,10H2,1-2H3,(H,21,22). The Morgan fingerprint density at radius 2 is 1.96 bits per heavy atom. The summed E-state index contributed by atoms with van der Waals surface area (Å²) in [6.45, 7) is 3.84. The van der Waals surface area contributed by atoms with E-state index in [-0.39, 0.29) is 11.7 Å². The minimum atomic E-state index is -0.144. The first-order valence-corrected chi connectivity index (χ1v) is 8.49. The number of hydrogen-bond donors (Lipinski definition) is 1. The summed E-state index contributed by atoms with van der Waals surface area (Å²) >= 11 is 1.32. The third-order valence-corrected chi connectivity index (χ3v) is 4.42. The van der Waals surface area contributed by atoms with E-state index in [1.807, 2.05) is 38.1 Å². The van der Waals surface area contributed by atoms with Crippen molar-refractivity contribution in [2.75, 3.05) is 5.75 Å². The lowest BCUT2D eigenvalue weighted by Gasteiger charge is -2.03. The number of nitrogens with zero attached hydrogens (tertiary/aromatic N) is 3. The third-order valence-electron chi connectivity index (χ3n) is 3.57. The number of aromatic nitrogens is 2. The molecule has 0 atom stereocenters. The van der Waals surface area contributed by atoms with Gasteiger partial charge >= 0.3 is 0 Å². The maximum Gasteiger partial charge on any atom is 0.250 e. The Hall–Kier alpha value is -2.21. The van der Waals surface area contributed by atoms with Gasteiger partial charge in [0.25, 0.3) is 5.91 Å². The summed E-state index contributed by atoms with van der Waals surface area (Å²) in [5, 5.41) is 4.90. The average Bonchev–Trinajstić information content (AvgIpc) is 2.93. The molecule has 0 fully saturated rings. The smallest absolute Gasteiger partial charge is 0.250 e. The first kappa shape index (κ1) is 15.7. The van der Waals surface area contributed by atoms with Crippen LogP contribution < -0.4 is 5.43 Å². The fraction of sp³-hybridized carbons (Fsp3) is 0.294. The number of hydrogen-bond acceptors (Lipinski definition) is 5. The molecule has 0 saturated carbocycles. The summed E-state index contributed by atoms with van der Waals surface area (Å²) in [4.78, 5) is 20.6. The van der Waals surface area contributed by atoms with E-state index in [1.165, 1.54) is 17.3 Å². The normalized spacial score (nSPS) is 14.8. The molecule has 1 aliphatic carbocycles. The summed E-state index contributed by atoms with van der Waals surface area (Å²) in [6.07, 6.45) is 1.85. The van der Waals surface area contributed by atoms with Crippen LogP contribution >= 0.6 is 11.8 Å². The van der Waals surface area contributed by atoms with Gasteiger partial charge in [-0.05, 0) is 38.3 Å². The molecule has 1 aromatic carbocycles. The minimum absolute atomic E-state index is 0.144. The molecule has 0 saturated heterocycles. The van der Waals surface area contributed by atoms with Crippen molar-refractivity contribution in [1.82, 2.24) is 15.4 Å². The van der Waals surface area contributed by atoms with Crippen LogP contribution in [-0.2, 0) is 11.2 Å². The molecule has 0 radical (unpaired) electrons. The van der Waals surface area contributed by atoms with E-state index in [1.54, 1.807) is 0 Å². The van der Waals surface area contributed by atoms with Crippen molar-refractivity contribution in [3.05, 3.63) is 52.8 Å². The highest BCUT2D eigenvalue weighted by atomic mass is 32.2. The maximum atomic E-state index is 12.0. The van der Waals surface area contributed by atoms with Gasteiger partial charge in [-0.25, -0.2) is 15.4 Å². The van der Waals surface area contributed by atoms with E-state index in [0.29, 0.717) is 5.16 Å². The van der Waals surface area contributed by atoms with E-state index in [9.17, 15) is 4.79 Å². The second-order valence-electron chi connectivity index (χ2n) is 5.47. The molecule has 0 bridgehead atoms. The topological polar surface area (TPSA) is 67.2 Å². The quantitative estimate of drug-likeness (QED) is 0.533. The lowest BCUT2D eigenvalue weighted by Crippen LogP contribution is -2.21. The molecule has 0 unspecified atom stereocenters. The third kappa shape index (κ3) is 3.96. The molecule has 1 N–H and O–H groups in total. The highest BCUT2D eigenvalue weighted by molar-refractivity contribution is 7.99. The van der Waals surface area contributed by atoms with Gasteiger partial charge in [-0.3, -0.25) is 4.79 Å². The highest BCUT2D eigenvalue weighted by Crippen LogP contribution is 2.21. The number of nitrogens with one attached hydrogen (secondary N) is 1. The van der Waals surface area contributed by atoms with Crippen molar-refractivity contribution < 1.29 is 4.79 Å². The molecule has 6 heteroatoms. The highest BCUT2D eigenvalue weighted by Gasteiger charge is 2.17. The number of thioether (sulfide) groups is 1. The number of hydrazone groups is 1. The van der Waals surface area contributed by atoms with E-state index < -0.39 is 0 Å². The number of rotatable bonds is 4. The lowest BCUT2D eigenvalue weighted by atomic mass is 10.1. The van der Waals surface area contributed by atoms with Crippen molar-refractivity contribution in [2.24, 2.45) is 5.10 Å². The molecular formula is C17H18N4OS. The molecule has 1 heterocycles. The number of fused-ring (bicyclic) bond motifs is 1. The first-order valence-electron chi connectivity index (χ1n) is 7.50. The van der Waals surface area contributed by atoms with Crippen molar-refractivity contribution in [3.63, 3.8) is 0 Å².